The number of carbonyl (C=O) groups excluding carboxylic acids is 1. The third-order valence-corrected chi connectivity index (χ3v) is 5.85. The number of aryl methyl sites for hydroxylation is 2. The predicted octanol–water partition coefficient (Wildman–Crippen LogP) is 2.59. The maximum Gasteiger partial charge on any atom is 0.240 e. The van der Waals surface area contributed by atoms with E-state index in [1.165, 1.54) is 36.3 Å². The number of thiazole rings is 1. The van der Waals surface area contributed by atoms with Crippen molar-refractivity contribution in [3.8, 4) is 0 Å². The highest BCUT2D eigenvalue weighted by molar-refractivity contribution is 7.15. The summed E-state index contributed by atoms with van der Waals surface area (Å²) in [6, 6.07) is 0.422. The fourth-order valence-electron chi connectivity index (χ4n) is 3.72. The van der Waals surface area contributed by atoms with E-state index in [2.05, 4.69) is 15.2 Å². The zero-order chi connectivity index (χ0) is 16.2. The molecule has 0 bridgehead atoms. The van der Waals surface area contributed by atoms with Gasteiger partial charge < -0.3 is 10.4 Å². The molecule has 1 heterocycles. The van der Waals surface area contributed by atoms with Crippen LogP contribution in [-0.2, 0) is 17.6 Å². The number of nitrogens with one attached hydrogen (secondary N) is 1. The second-order valence-corrected chi connectivity index (χ2v) is 7.94. The van der Waals surface area contributed by atoms with Crippen LogP contribution in [0.15, 0.2) is 0 Å². The van der Waals surface area contributed by atoms with E-state index in [-0.39, 0.29) is 5.91 Å². The second-order valence-electron chi connectivity index (χ2n) is 6.86. The number of amides is 1. The molecular weight excluding hydrogens is 310 g/mol. The molecule has 23 heavy (non-hydrogen) atoms. The first-order chi connectivity index (χ1) is 11.1. The van der Waals surface area contributed by atoms with E-state index in [4.69, 9.17) is 0 Å². The lowest BCUT2D eigenvalue weighted by molar-refractivity contribution is -0.118. The van der Waals surface area contributed by atoms with E-state index in [9.17, 15) is 9.90 Å². The summed E-state index contributed by atoms with van der Waals surface area (Å²) in [4.78, 5) is 20.4. The lowest BCUT2D eigenvalue weighted by atomic mass is 9.94. The minimum atomic E-state index is -0.409. The quantitative estimate of drug-likeness (QED) is 0.837. The topological polar surface area (TPSA) is 65.5 Å². The molecule has 0 aromatic carbocycles. The summed E-state index contributed by atoms with van der Waals surface area (Å²) in [6.45, 7) is 2.70. The molecule has 0 aliphatic heterocycles. The number of fused-ring (bicyclic) bond motifs is 1. The number of aliphatic hydroxyl groups excluding tert-OH is 1. The molecule has 5 nitrogen and oxygen atoms in total. The van der Waals surface area contributed by atoms with Crippen LogP contribution in [0.25, 0.3) is 0 Å². The SMILES string of the molecule is CC(O)CN(CC(=O)Nc1nc2c(s1)CCC2)C1CCCCC1. The van der Waals surface area contributed by atoms with Gasteiger partial charge in [0.1, 0.15) is 0 Å². The van der Waals surface area contributed by atoms with Crippen molar-refractivity contribution in [2.45, 2.75) is 70.4 Å². The lowest BCUT2D eigenvalue weighted by Crippen LogP contribution is -2.45. The first kappa shape index (κ1) is 16.9. The highest BCUT2D eigenvalue weighted by Crippen LogP contribution is 2.30. The van der Waals surface area contributed by atoms with Gasteiger partial charge >= 0.3 is 0 Å². The van der Waals surface area contributed by atoms with Crippen molar-refractivity contribution in [2.24, 2.45) is 0 Å². The highest BCUT2D eigenvalue weighted by Gasteiger charge is 2.25. The maximum atomic E-state index is 12.4. The molecule has 1 aromatic rings. The number of nitrogens with zero attached hydrogens (tertiary/aromatic N) is 2. The van der Waals surface area contributed by atoms with Gasteiger partial charge in [0.15, 0.2) is 5.13 Å². The van der Waals surface area contributed by atoms with Crippen LogP contribution in [0.2, 0.25) is 0 Å². The zero-order valence-corrected chi connectivity index (χ0v) is 14.7. The Morgan fingerprint density at radius 3 is 2.83 bits per heavy atom. The normalized spacial score (nSPS) is 19.8. The molecule has 3 rings (SSSR count). The van der Waals surface area contributed by atoms with Gasteiger partial charge in [-0.2, -0.15) is 0 Å². The van der Waals surface area contributed by atoms with Crippen LogP contribution in [-0.4, -0.2) is 46.1 Å². The monoisotopic (exact) mass is 337 g/mol. The Kier molecular flexibility index (Phi) is 5.67. The van der Waals surface area contributed by atoms with Crippen LogP contribution in [0.4, 0.5) is 5.13 Å². The Hall–Kier alpha value is -0.980. The largest absolute Gasteiger partial charge is 0.392 e. The first-order valence-electron chi connectivity index (χ1n) is 8.82. The van der Waals surface area contributed by atoms with Gasteiger partial charge in [0.25, 0.3) is 0 Å². The maximum absolute atomic E-state index is 12.4. The van der Waals surface area contributed by atoms with Crippen LogP contribution in [0.1, 0.15) is 56.0 Å². The molecule has 128 valence electrons. The number of hydrogen-bond acceptors (Lipinski definition) is 5. The number of rotatable bonds is 6. The average Bonchev–Trinajstić information content (AvgIpc) is 3.08. The molecule has 1 atom stereocenters. The summed E-state index contributed by atoms with van der Waals surface area (Å²) in [5, 5.41) is 13.4. The van der Waals surface area contributed by atoms with Gasteiger partial charge in [0.2, 0.25) is 5.91 Å². The fraction of sp³-hybridized carbons (Fsp3) is 0.765. The number of carbonyl (C=O) groups is 1. The number of hydrogen-bond donors (Lipinski definition) is 2. The van der Waals surface area contributed by atoms with E-state index in [1.807, 2.05) is 0 Å². The Morgan fingerprint density at radius 2 is 2.13 bits per heavy atom. The van der Waals surface area contributed by atoms with Crippen LogP contribution in [0.5, 0.6) is 0 Å². The average molecular weight is 337 g/mol. The van der Waals surface area contributed by atoms with E-state index >= 15 is 0 Å². The second kappa shape index (κ2) is 7.73. The summed E-state index contributed by atoms with van der Waals surface area (Å²) >= 11 is 1.62. The highest BCUT2D eigenvalue weighted by atomic mass is 32.1. The Labute approximate surface area is 142 Å². The van der Waals surface area contributed by atoms with Gasteiger partial charge in [-0.15, -0.1) is 11.3 Å². The van der Waals surface area contributed by atoms with Crippen LogP contribution < -0.4 is 5.32 Å². The third-order valence-electron chi connectivity index (χ3n) is 4.78. The van der Waals surface area contributed by atoms with Crippen molar-refractivity contribution in [3.05, 3.63) is 10.6 Å². The van der Waals surface area contributed by atoms with Crippen molar-refractivity contribution in [1.82, 2.24) is 9.88 Å². The molecule has 6 heteroatoms. The minimum Gasteiger partial charge on any atom is -0.392 e. The summed E-state index contributed by atoms with van der Waals surface area (Å²) in [5.74, 6) is -0.0105. The van der Waals surface area contributed by atoms with Crippen molar-refractivity contribution in [1.29, 1.82) is 0 Å². The zero-order valence-electron chi connectivity index (χ0n) is 13.9. The Morgan fingerprint density at radius 1 is 1.35 bits per heavy atom. The smallest absolute Gasteiger partial charge is 0.240 e. The van der Waals surface area contributed by atoms with Gasteiger partial charge in [-0.25, -0.2) is 4.98 Å². The third kappa shape index (κ3) is 4.52. The molecule has 1 saturated carbocycles. The van der Waals surface area contributed by atoms with Crippen molar-refractivity contribution < 1.29 is 9.90 Å². The molecule has 1 unspecified atom stereocenters. The van der Waals surface area contributed by atoms with Gasteiger partial charge in [-0.3, -0.25) is 9.69 Å². The number of aliphatic hydroxyl groups is 1. The van der Waals surface area contributed by atoms with Gasteiger partial charge in [-0.1, -0.05) is 19.3 Å². The van der Waals surface area contributed by atoms with E-state index in [0.717, 1.165) is 30.8 Å². The lowest BCUT2D eigenvalue weighted by Gasteiger charge is -2.34. The Bertz CT molecular complexity index is 516. The molecule has 0 radical (unpaired) electrons. The fourth-order valence-corrected chi connectivity index (χ4v) is 4.78. The summed E-state index contributed by atoms with van der Waals surface area (Å²) in [6.07, 6.45) is 8.91. The van der Waals surface area contributed by atoms with Crippen molar-refractivity contribution >= 4 is 22.4 Å². The first-order valence-corrected chi connectivity index (χ1v) is 9.64. The molecule has 0 saturated heterocycles. The van der Waals surface area contributed by atoms with E-state index in [1.54, 1.807) is 18.3 Å². The predicted molar refractivity (Wildman–Crippen MR) is 92.9 cm³/mol. The van der Waals surface area contributed by atoms with Crippen LogP contribution in [0, 0.1) is 0 Å². The summed E-state index contributed by atoms with van der Waals surface area (Å²) in [5.41, 5.74) is 1.17. The van der Waals surface area contributed by atoms with Crippen molar-refractivity contribution in [2.75, 3.05) is 18.4 Å². The molecule has 2 N–H and O–H groups in total. The molecular formula is C17H27N3O2S. The van der Waals surface area contributed by atoms with Crippen LogP contribution >= 0.6 is 11.3 Å². The molecule has 2 aliphatic carbocycles. The van der Waals surface area contributed by atoms with Gasteiger partial charge in [-0.05, 0) is 39.0 Å². The van der Waals surface area contributed by atoms with E-state index < -0.39 is 6.10 Å². The Balaban J connectivity index is 1.57. The summed E-state index contributed by atoms with van der Waals surface area (Å²) in [7, 11) is 0. The molecule has 2 aliphatic rings. The molecule has 1 amide bonds. The van der Waals surface area contributed by atoms with Crippen molar-refractivity contribution in [3.63, 3.8) is 0 Å². The minimum absolute atomic E-state index is 0.0105. The standard InChI is InChI=1S/C17H27N3O2S/c1-12(21)10-20(13-6-3-2-4-7-13)11-16(22)19-17-18-14-8-5-9-15(14)23-17/h12-13,21H,2-11H2,1H3,(H,18,19,22). The number of aromatic nitrogens is 1. The van der Waals surface area contributed by atoms with Gasteiger partial charge in [0, 0.05) is 17.5 Å². The van der Waals surface area contributed by atoms with E-state index in [0.29, 0.717) is 19.1 Å². The summed E-state index contributed by atoms with van der Waals surface area (Å²) < 4.78 is 0. The van der Waals surface area contributed by atoms with Gasteiger partial charge in [0.05, 0.1) is 18.3 Å². The molecule has 1 aromatic heterocycles. The van der Waals surface area contributed by atoms with Crippen LogP contribution in [0.3, 0.4) is 0 Å². The molecule has 1 fully saturated rings. The number of anilines is 1. The molecule has 0 spiro atoms.